The van der Waals surface area contributed by atoms with Gasteiger partial charge in [-0.1, -0.05) is 0 Å². The summed E-state index contributed by atoms with van der Waals surface area (Å²) in [7, 11) is 0. The maximum atomic E-state index is 12.6. The van der Waals surface area contributed by atoms with Crippen molar-refractivity contribution in [2.45, 2.75) is 31.9 Å². The molecular weight excluding hydrogens is 288 g/mol. The van der Waals surface area contributed by atoms with Crippen molar-refractivity contribution >= 4 is 17.2 Å². The Morgan fingerprint density at radius 3 is 3.14 bits per heavy atom. The molecule has 1 unspecified atom stereocenters. The predicted octanol–water partition coefficient (Wildman–Crippen LogP) is 2.49. The van der Waals surface area contributed by atoms with Crippen LogP contribution in [0.3, 0.4) is 0 Å². The molecule has 3 heterocycles. The third kappa shape index (κ3) is 3.71. The van der Waals surface area contributed by atoms with Crippen molar-refractivity contribution in [1.82, 2.24) is 9.88 Å². The molecule has 5 nitrogen and oxygen atoms in total. The van der Waals surface area contributed by atoms with Gasteiger partial charge in [0.15, 0.2) is 0 Å². The second-order valence-corrected chi connectivity index (χ2v) is 5.79. The normalized spacial score (nSPS) is 18.0. The van der Waals surface area contributed by atoms with Gasteiger partial charge < -0.3 is 14.1 Å². The molecule has 3 rings (SSSR count). The number of aromatic nitrogens is 1. The van der Waals surface area contributed by atoms with Gasteiger partial charge in [0.25, 0.3) is 5.91 Å². The van der Waals surface area contributed by atoms with E-state index in [0.29, 0.717) is 19.7 Å². The molecule has 0 bridgehead atoms. The van der Waals surface area contributed by atoms with Crippen LogP contribution in [0, 0.1) is 0 Å². The van der Waals surface area contributed by atoms with Gasteiger partial charge in [0, 0.05) is 25.0 Å². The van der Waals surface area contributed by atoms with E-state index >= 15 is 0 Å². The Morgan fingerprint density at radius 2 is 2.48 bits per heavy atom. The first-order chi connectivity index (χ1) is 10.3. The number of hydrogen-bond donors (Lipinski definition) is 0. The van der Waals surface area contributed by atoms with Crippen LogP contribution in [0.4, 0.5) is 0 Å². The molecule has 2 aromatic rings. The van der Waals surface area contributed by atoms with E-state index in [1.54, 1.807) is 17.6 Å². The molecular formula is C15H18N2O3S. The van der Waals surface area contributed by atoms with Gasteiger partial charge in [-0.25, -0.2) is 4.98 Å². The minimum Gasteiger partial charge on any atom is -0.467 e. The van der Waals surface area contributed by atoms with Crippen molar-refractivity contribution in [3.05, 3.63) is 40.7 Å². The van der Waals surface area contributed by atoms with Crippen LogP contribution in [-0.4, -0.2) is 35.0 Å². The predicted molar refractivity (Wildman–Crippen MR) is 78.9 cm³/mol. The van der Waals surface area contributed by atoms with Crippen molar-refractivity contribution in [3.8, 4) is 0 Å². The summed E-state index contributed by atoms with van der Waals surface area (Å²) >= 11 is 1.57. The molecule has 1 amide bonds. The lowest BCUT2D eigenvalue weighted by Crippen LogP contribution is -2.39. The molecule has 1 aliphatic rings. The molecule has 0 N–H and O–H groups in total. The third-order valence-corrected chi connectivity index (χ3v) is 4.20. The van der Waals surface area contributed by atoms with E-state index in [1.807, 2.05) is 27.9 Å². The molecule has 0 radical (unpaired) electrons. The van der Waals surface area contributed by atoms with Crippen LogP contribution in [-0.2, 0) is 22.5 Å². The molecule has 1 fully saturated rings. The van der Waals surface area contributed by atoms with Crippen LogP contribution in [0.5, 0.6) is 0 Å². The van der Waals surface area contributed by atoms with Gasteiger partial charge in [-0.2, -0.15) is 0 Å². The van der Waals surface area contributed by atoms with E-state index < -0.39 is 0 Å². The Labute approximate surface area is 127 Å². The van der Waals surface area contributed by atoms with Crippen LogP contribution in [0.25, 0.3) is 0 Å². The van der Waals surface area contributed by atoms with E-state index in [0.717, 1.165) is 30.7 Å². The molecule has 1 aliphatic heterocycles. The molecule has 21 heavy (non-hydrogen) atoms. The van der Waals surface area contributed by atoms with Crippen LogP contribution in [0.2, 0.25) is 0 Å². The number of carbonyl (C=O) groups is 1. The second-order valence-electron chi connectivity index (χ2n) is 5.07. The molecule has 0 saturated carbocycles. The molecule has 112 valence electrons. The fourth-order valence-electron chi connectivity index (χ4n) is 2.44. The molecule has 0 spiro atoms. The quantitative estimate of drug-likeness (QED) is 0.823. The SMILES string of the molecule is O=C(C1CCCO1)N(CCc1cscn1)Cc1ccco1. The number of furan rings is 1. The highest BCUT2D eigenvalue weighted by Crippen LogP contribution is 2.17. The summed E-state index contributed by atoms with van der Waals surface area (Å²) in [4.78, 5) is 18.7. The van der Waals surface area contributed by atoms with Crippen LogP contribution >= 0.6 is 11.3 Å². The summed E-state index contributed by atoms with van der Waals surface area (Å²) in [6.45, 7) is 1.79. The monoisotopic (exact) mass is 306 g/mol. The Balaban J connectivity index is 1.65. The largest absolute Gasteiger partial charge is 0.467 e. The van der Waals surface area contributed by atoms with Gasteiger partial charge in [-0.15, -0.1) is 11.3 Å². The molecule has 0 aliphatic carbocycles. The smallest absolute Gasteiger partial charge is 0.252 e. The number of nitrogens with zero attached hydrogens (tertiary/aromatic N) is 2. The highest BCUT2D eigenvalue weighted by Gasteiger charge is 2.28. The summed E-state index contributed by atoms with van der Waals surface area (Å²) < 4.78 is 10.9. The van der Waals surface area contributed by atoms with Crippen molar-refractivity contribution in [2.24, 2.45) is 0 Å². The van der Waals surface area contributed by atoms with Gasteiger partial charge in [0.05, 0.1) is 24.0 Å². The first-order valence-corrected chi connectivity index (χ1v) is 8.07. The molecule has 1 atom stereocenters. The van der Waals surface area contributed by atoms with E-state index in [4.69, 9.17) is 9.15 Å². The standard InChI is InChI=1S/C15H18N2O3S/c18-15(14-4-2-8-20-14)17(9-13-3-1-7-19-13)6-5-12-10-21-11-16-12/h1,3,7,10-11,14H,2,4-6,8-9H2. The summed E-state index contributed by atoms with van der Waals surface area (Å²) in [5.41, 5.74) is 2.83. The molecule has 2 aromatic heterocycles. The van der Waals surface area contributed by atoms with E-state index in [1.165, 1.54) is 0 Å². The molecule has 6 heteroatoms. The number of ether oxygens (including phenoxy) is 1. The van der Waals surface area contributed by atoms with Gasteiger partial charge in [-0.3, -0.25) is 4.79 Å². The van der Waals surface area contributed by atoms with Gasteiger partial charge in [0.1, 0.15) is 11.9 Å². The van der Waals surface area contributed by atoms with Gasteiger partial charge >= 0.3 is 0 Å². The van der Waals surface area contributed by atoms with E-state index in [9.17, 15) is 4.79 Å². The maximum absolute atomic E-state index is 12.6. The Morgan fingerprint density at radius 1 is 1.52 bits per heavy atom. The second kappa shape index (κ2) is 6.87. The lowest BCUT2D eigenvalue weighted by Gasteiger charge is -2.24. The van der Waals surface area contributed by atoms with Crippen molar-refractivity contribution in [2.75, 3.05) is 13.2 Å². The fraction of sp³-hybridized carbons (Fsp3) is 0.467. The summed E-state index contributed by atoms with van der Waals surface area (Å²) in [6, 6.07) is 3.73. The Bertz CT molecular complexity index is 548. The van der Waals surface area contributed by atoms with Crippen molar-refractivity contribution in [1.29, 1.82) is 0 Å². The van der Waals surface area contributed by atoms with Crippen LogP contribution in [0.15, 0.2) is 33.7 Å². The van der Waals surface area contributed by atoms with E-state index in [-0.39, 0.29) is 12.0 Å². The van der Waals surface area contributed by atoms with Crippen molar-refractivity contribution < 1.29 is 13.9 Å². The highest BCUT2D eigenvalue weighted by atomic mass is 32.1. The van der Waals surface area contributed by atoms with Gasteiger partial charge in [-0.05, 0) is 25.0 Å². The fourth-order valence-corrected chi connectivity index (χ4v) is 3.04. The molecule has 1 saturated heterocycles. The molecule has 0 aromatic carbocycles. The topological polar surface area (TPSA) is 55.6 Å². The first kappa shape index (κ1) is 14.3. The minimum absolute atomic E-state index is 0.0547. The maximum Gasteiger partial charge on any atom is 0.252 e. The number of amides is 1. The third-order valence-electron chi connectivity index (χ3n) is 3.56. The summed E-state index contributed by atoms with van der Waals surface area (Å²) in [5, 5.41) is 2.02. The van der Waals surface area contributed by atoms with Crippen LogP contribution < -0.4 is 0 Å². The average molecular weight is 306 g/mol. The first-order valence-electron chi connectivity index (χ1n) is 7.13. The highest BCUT2D eigenvalue weighted by molar-refractivity contribution is 7.07. The van der Waals surface area contributed by atoms with Crippen LogP contribution in [0.1, 0.15) is 24.3 Å². The van der Waals surface area contributed by atoms with E-state index in [2.05, 4.69) is 4.98 Å². The van der Waals surface area contributed by atoms with Gasteiger partial charge in [0.2, 0.25) is 0 Å². The minimum atomic E-state index is -0.296. The summed E-state index contributed by atoms with van der Waals surface area (Å²) in [5.74, 6) is 0.846. The summed E-state index contributed by atoms with van der Waals surface area (Å²) in [6.07, 6.45) is 3.85. The average Bonchev–Trinajstić information content (AvgIpc) is 3.26. The lowest BCUT2D eigenvalue weighted by atomic mass is 10.2. The van der Waals surface area contributed by atoms with Crippen molar-refractivity contribution in [3.63, 3.8) is 0 Å². The number of rotatable bonds is 6. The zero-order chi connectivity index (χ0) is 14.5. The number of hydrogen-bond acceptors (Lipinski definition) is 5. The Hall–Kier alpha value is -1.66. The number of thiazole rings is 1. The zero-order valence-corrected chi connectivity index (χ0v) is 12.6. The Kier molecular flexibility index (Phi) is 4.67. The number of carbonyl (C=O) groups excluding carboxylic acids is 1. The lowest BCUT2D eigenvalue weighted by molar-refractivity contribution is -0.141. The zero-order valence-electron chi connectivity index (χ0n) is 11.7.